The van der Waals surface area contributed by atoms with Gasteiger partial charge in [0.25, 0.3) is 0 Å². The fraction of sp³-hybridized carbons (Fsp3) is 0.176. The number of nitrogens with zero attached hydrogens (tertiary/aromatic N) is 2. The Bertz CT molecular complexity index is 1110. The summed E-state index contributed by atoms with van der Waals surface area (Å²) in [6.07, 6.45) is 1.49. The molecule has 3 rings (SSSR count). The molecule has 0 unspecified atom stereocenters. The number of fused-ring (bicyclic) bond motifs is 2. The fourth-order valence-corrected chi connectivity index (χ4v) is 3.47. The van der Waals surface area contributed by atoms with Crippen molar-refractivity contribution in [2.45, 2.75) is 5.75 Å². The van der Waals surface area contributed by atoms with Crippen LogP contribution in [0.5, 0.6) is 0 Å². The van der Waals surface area contributed by atoms with Gasteiger partial charge >= 0.3 is 0 Å². The number of rotatable bonds is 3. The van der Waals surface area contributed by atoms with Crippen molar-refractivity contribution in [3.8, 4) is 0 Å². The van der Waals surface area contributed by atoms with Gasteiger partial charge in [-0.05, 0) is 29.1 Å². The molecule has 0 amide bonds. The van der Waals surface area contributed by atoms with Crippen LogP contribution in [0.25, 0.3) is 21.7 Å². The highest BCUT2D eigenvalue weighted by molar-refractivity contribution is 7.88. The van der Waals surface area contributed by atoms with Gasteiger partial charge < -0.3 is 0 Å². The molecule has 0 N–H and O–H groups in total. The Morgan fingerprint density at radius 2 is 1.79 bits per heavy atom. The lowest BCUT2D eigenvalue weighted by Gasteiger charge is -2.11. The van der Waals surface area contributed by atoms with E-state index >= 15 is 0 Å². The molecule has 0 spiro atoms. The minimum absolute atomic E-state index is 0.162. The predicted octanol–water partition coefficient (Wildman–Crippen LogP) is 2.79. The van der Waals surface area contributed by atoms with Crippen LogP contribution in [0, 0.1) is 0 Å². The maximum Gasteiger partial charge on any atom is 0.217 e. The Hall–Kier alpha value is -2.02. The average Bonchev–Trinajstić information content (AvgIpc) is 2.65. The molecule has 0 bridgehead atoms. The Morgan fingerprint density at radius 1 is 1.08 bits per heavy atom. The maximum atomic E-state index is 12.8. The molecule has 7 heteroatoms. The third kappa shape index (κ3) is 3.13. The lowest BCUT2D eigenvalue weighted by atomic mass is 10.1. The summed E-state index contributed by atoms with van der Waals surface area (Å²) in [4.78, 5) is 17.0. The molecular weight excluding hydrogens is 348 g/mol. The van der Waals surface area contributed by atoms with Gasteiger partial charge in [-0.1, -0.05) is 29.8 Å². The summed E-state index contributed by atoms with van der Waals surface area (Å²) in [7, 11) is -0.436. The van der Waals surface area contributed by atoms with Gasteiger partial charge in [0.05, 0.1) is 16.3 Å². The van der Waals surface area contributed by atoms with Crippen LogP contribution in [0.4, 0.5) is 0 Å². The summed E-state index contributed by atoms with van der Waals surface area (Å²) < 4.78 is 25.3. The SMILES string of the molecule is CN(C)S(=O)(=O)Cc1ccc2ccc3ncc(Cl)cc3c(=O)c2c1. The first-order valence-corrected chi connectivity index (χ1v) is 9.18. The Kier molecular flexibility index (Phi) is 4.29. The zero-order valence-corrected chi connectivity index (χ0v) is 14.7. The molecule has 0 atom stereocenters. The van der Waals surface area contributed by atoms with Gasteiger partial charge in [0.1, 0.15) is 0 Å². The van der Waals surface area contributed by atoms with Crippen molar-refractivity contribution in [1.82, 2.24) is 9.29 Å². The third-order valence-corrected chi connectivity index (χ3v) is 5.84. The lowest BCUT2D eigenvalue weighted by Crippen LogP contribution is -2.23. The van der Waals surface area contributed by atoms with Crippen molar-refractivity contribution in [3.63, 3.8) is 0 Å². The van der Waals surface area contributed by atoms with Gasteiger partial charge in [-0.2, -0.15) is 0 Å². The molecular formula is C17H15ClN2O3S. The standard InChI is InChI=1S/C17H15ClN2O3S/c1-20(2)24(22,23)10-11-3-4-12-5-6-16-15(8-13(18)9-19-16)17(21)14(12)7-11/h3-9H,10H2,1-2H3. The van der Waals surface area contributed by atoms with E-state index < -0.39 is 10.0 Å². The third-order valence-electron chi connectivity index (χ3n) is 3.82. The van der Waals surface area contributed by atoms with E-state index in [1.807, 2.05) is 0 Å². The highest BCUT2D eigenvalue weighted by atomic mass is 35.5. The van der Waals surface area contributed by atoms with Crippen molar-refractivity contribution in [2.24, 2.45) is 0 Å². The second kappa shape index (κ2) is 6.12. The fourth-order valence-electron chi connectivity index (χ4n) is 2.45. The summed E-state index contributed by atoms with van der Waals surface area (Å²) >= 11 is 5.95. The van der Waals surface area contributed by atoms with Crippen LogP contribution < -0.4 is 5.43 Å². The van der Waals surface area contributed by atoms with E-state index in [1.165, 1.54) is 24.6 Å². The van der Waals surface area contributed by atoms with Gasteiger partial charge in [0.2, 0.25) is 10.0 Å². The average molecular weight is 363 g/mol. The van der Waals surface area contributed by atoms with E-state index in [1.54, 1.807) is 36.4 Å². The highest BCUT2D eigenvalue weighted by Crippen LogP contribution is 2.19. The van der Waals surface area contributed by atoms with Crippen LogP contribution >= 0.6 is 11.6 Å². The summed E-state index contributed by atoms with van der Waals surface area (Å²) in [5.41, 5.74) is 0.884. The number of hydrogen-bond acceptors (Lipinski definition) is 4. The number of pyridine rings is 1. The molecule has 1 aromatic heterocycles. The first-order chi connectivity index (χ1) is 11.3. The van der Waals surface area contributed by atoms with E-state index in [2.05, 4.69) is 4.98 Å². The van der Waals surface area contributed by atoms with Crippen molar-refractivity contribution in [2.75, 3.05) is 14.1 Å². The summed E-state index contributed by atoms with van der Waals surface area (Å²) in [5.74, 6) is -0.162. The summed E-state index contributed by atoms with van der Waals surface area (Å²) in [6.45, 7) is 0. The molecule has 0 saturated carbocycles. The van der Waals surface area contributed by atoms with E-state index in [-0.39, 0.29) is 11.2 Å². The zero-order chi connectivity index (χ0) is 17.5. The Labute approximate surface area is 144 Å². The molecule has 2 aromatic carbocycles. The minimum atomic E-state index is -3.40. The van der Waals surface area contributed by atoms with Crippen molar-refractivity contribution in [1.29, 1.82) is 0 Å². The Balaban J connectivity index is 2.28. The molecule has 1 heterocycles. The number of sulfonamides is 1. The van der Waals surface area contributed by atoms with Crippen LogP contribution in [0.15, 0.2) is 47.4 Å². The molecule has 3 aromatic rings. The van der Waals surface area contributed by atoms with Gasteiger partial charge in [0.15, 0.2) is 5.43 Å². The normalized spacial score (nSPS) is 12.2. The van der Waals surface area contributed by atoms with Crippen LogP contribution in [0.1, 0.15) is 5.56 Å². The second-order valence-corrected chi connectivity index (χ2v) is 8.33. The molecule has 0 saturated heterocycles. The zero-order valence-electron chi connectivity index (χ0n) is 13.2. The molecule has 24 heavy (non-hydrogen) atoms. The van der Waals surface area contributed by atoms with Gasteiger partial charge in [-0.25, -0.2) is 12.7 Å². The van der Waals surface area contributed by atoms with Crippen molar-refractivity contribution >= 4 is 43.3 Å². The first kappa shape index (κ1) is 16.8. The maximum absolute atomic E-state index is 12.8. The van der Waals surface area contributed by atoms with Crippen LogP contribution in [-0.4, -0.2) is 31.8 Å². The smallest absolute Gasteiger partial charge is 0.217 e. The largest absolute Gasteiger partial charge is 0.289 e. The van der Waals surface area contributed by atoms with Gasteiger partial charge in [-0.15, -0.1) is 0 Å². The lowest BCUT2D eigenvalue weighted by molar-refractivity contribution is 0.520. The Morgan fingerprint density at radius 3 is 2.50 bits per heavy atom. The van der Waals surface area contributed by atoms with Crippen LogP contribution in [-0.2, 0) is 15.8 Å². The van der Waals surface area contributed by atoms with Crippen molar-refractivity contribution < 1.29 is 8.42 Å². The molecule has 124 valence electrons. The van der Waals surface area contributed by atoms with Crippen LogP contribution in [0.2, 0.25) is 5.02 Å². The minimum Gasteiger partial charge on any atom is -0.289 e. The number of halogens is 1. The van der Waals surface area contributed by atoms with Gasteiger partial charge in [0, 0.05) is 31.1 Å². The van der Waals surface area contributed by atoms with E-state index in [0.717, 1.165) is 5.39 Å². The molecule has 0 aliphatic heterocycles. The molecule has 0 fully saturated rings. The van der Waals surface area contributed by atoms with E-state index in [4.69, 9.17) is 11.6 Å². The quantitative estimate of drug-likeness (QED) is 0.718. The molecule has 5 nitrogen and oxygen atoms in total. The highest BCUT2D eigenvalue weighted by Gasteiger charge is 2.15. The predicted molar refractivity (Wildman–Crippen MR) is 96.8 cm³/mol. The monoisotopic (exact) mass is 362 g/mol. The summed E-state index contributed by atoms with van der Waals surface area (Å²) in [6, 6.07) is 10.2. The number of aromatic nitrogens is 1. The number of benzene rings is 1. The van der Waals surface area contributed by atoms with Crippen LogP contribution in [0.3, 0.4) is 0 Å². The van der Waals surface area contributed by atoms with Gasteiger partial charge in [-0.3, -0.25) is 9.78 Å². The van der Waals surface area contributed by atoms with E-state index in [9.17, 15) is 13.2 Å². The van der Waals surface area contributed by atoms with E-state index in [0.29, 0.717) is 26.9 Å². The summed E-state index contributed by atoms with van der Waals surface area (Å²) in [5, 5.41) is 1.95. The number of hydrogen-bond donors (Lipinski definition) is 0. The molecule has 0 aliphatic carbocycles. The topological polar surface area (TPSA) is 67.3 Å². The second-order valence-electron chi connectivity index (χ2n) is 5.71. The van der Waals surface area contributed by atoms with Crippen molar-refractivity contribution in [3.05, 3.63) is 63.4 Å². The molecule has 0 radical (unpaired) electrons. The molecule has 0 aliphatic rings. The first-order valence-electron chi connectivity index (χ1n) is 7.19.